The predicted octanol–water partition coefficient (Wildman–Crippen LogP) is 10.4. The molecule has 212 valence electrons. The van der Waals surface area contributed by atoms with E-state index in [0.29, 0.717) is 17.2 Å². The lowest BCUT2D eigenvalue weighted by Gasteiger charge is -2.09. The number of ether oxygens (including phenoxy) is 2. The van der Waals surface area contributed by atoms with Gasteiger partial charge < -0.3 is 9.47 Å². The second-order valence-corrected chi connectivity index (χ2v) is 9.09. The third-order valence-corrected chi connectivity index (χ3v) is 6.76. The number of aryl methyl sites for hydroxylation is 1. The fourth-order valence-corrected chi connectivity index (χ4v) is 4.44. The Bertz CT molecular complexity index is 1260. The molecular weight excluding hydrogens is 504 g/mol. The van der Waals surface area contributed by atoms with Crippen molar-refractivity contribution in [2.45, 2.75) is 72.1 Å². The van der Waals surface area contributed by atoms with Crippen LogP contribution < -0.4 is 9.47 Å². The molecule has 0 heterocycles. The molecule has 0 spiro atoms. The molecule has 0 saturated carbocycles. The van der Waals surface area contributed by atoms with Crippen LogP contribution in [0.5, 0.6) is 17.2 Å². The van der Waals surface area contributed by atoms with Gasteiger partial charge in [0.1, 0.15) is 17.2 Å². The molecule has 0 aliphatic rings. The topological polar surface area (TPSA) is 52.6 Å². The molecule has 4 rings (SSSR count). The summed E-state index contributed by atoms with van der Waals surface area (Å²) in [5, 5.41) is 0. The fourth-order valence-electron chi connectivity index (χ4n) is 3.18. The van der Waals surface area contributed by atoms with E-state index in [9.17, 15) is 8.42 Å². The van der Waals surface area contributed by atoms with E-state index in [4.69, 9.17) is 9.47 Å². The highest BCUT2D eigenvalue weighted by Gasteiger charge is 2.17. The standard InChI is InChI=1S/C26H22O4S.4C2H6/c1-19-3-5-20(6-4-19)21-7-9-23(10-8-21)30-24-13-17-26(18-14-24)31(27,28)25-15-11-22(29-2)12-16-25;4*1-2/h3-18H,1-2H3;4*1-2H3. The predicted molar refractivity (Wildman–Crippen MR) is 167 cm³/mol. The van der Waals surface area contributed by atoms with E-state index < -0.39 is 9.84 Å². The molecule has 0 unspecified atom stereocenters. The first kappa shape index (κ1) is 35.4. The van der Waals surface area contributed by atoms with Gasteiger partial charge in [-0.3, -0.25) is 0 Å². The van der Waals surface area contributed by atoms with Crippen molar-refractivity contribution < 1.29 is 17.9 Å². The van der Waals surface area contributed by atoms with Crippen molar-refractivity contribution in [1.29, 1.82) is 0 Å². The summed E-state index contributed by atoms with van der Waals surface area (Å²) in [4.78, 5) is 0.424. The van der Waals surface area contributed by atoms with Crippen molar-refractivity contribution in [2.24, 2.45) is 0 Å². The monoisotopic (exact) mass is 550 g/mol. The Kier molecular flexibility index (Phi) is 17.7. The molecule has 0 fully saturated rings. The first-order chi connectivity index (χ1) is 19.0. The normalized spacial score (nSPS) is 9.49. The van der Waals surface area contributed by atoms with E-state index in [1.165, 1.54) is 24.8 Å². The van der Waals surface area contributed by atoms with E-state index in [-0.39, 0.29) is 9.79 Å². The molecule has 0 atom stereocenters. The van der Waals surface area contributed by atoms with Crippen molar-refractivity contribution in [2.75, 3.05) is 7.11 Å². The Hall–Kier alpha value is -3.57. The Balaban J connectivity index is 0.00000166. The molecular formula is C34H46O4S. The maximum atomic E-state index is 12.8. The minimum Gasteiger partial charge on any atom is -0.497 e. The molecule has 5 heteroatoms. The quantitative estimate of drug-likeness (QED) is 0.240. The van der Waals surface area contributed by atoms with Crippen LogP contribution in [0.25, 0.3) is 11.1 Å². The van der Waals surface area contributed by atoms with Crippen molar-refractivity contribution in [3.8, 4) is 28.4 Å². The van der Waals surface area contributed by atoms with Crippen molar-refractivity contribution in [3.05, 3.63) is 103 Å². The molecule has 39 heavy (non-hydrogen) atoms. The third-order valence-electron chi connectivity index (χ3n) is 4.98. The molecule has 0 radical (unpaired) electrons. The van der Waals surface area contributed by atoms with Crippen LogP contribution in [0.4, 0.5) is 0 Å². The Morgan fingerprint density at radius 2 is 0.769 bits per heavy atom. The number of hydrogen-bond acceptors (Lipinski definition) is 4. The van der Waals surface area contributed by atoms with Crippen LogP contribution in [0.15, 0.2) is 107 Å². The van der Waals surface area contributed by atoms with Gasteiger partial charge in [-0.25, -0.2) is 8.42 Å². The van der Waals surface area contributed by atoms with Gasteiger partial charge >= 0.3 is 0 Å². The summed E-state index contributed by atoms with van der Waals surface area (Å²) in [7, 11) is -2.06. The first-order valence-electron chi connectivity index (χ1n) is 13.8. The number of hydrogen-bond donors (Lipinski definition) is 0. The highest BCUT2D eigenvalue weighted by atomic mass is 32.2. The molecule has 0 bridgehead atoms. The average molecular weight is 551 g/mol. The van der Waals surface area contributed by atoms with Crippen LogP contribution in [-0.4, -0.2) is 15.5 Å². The van der Waals surface area contributed by atoms with Gasteiger partial charge in [-0.05, 0) is 78.7 Å². The van der Waals surface area contributed by atoms with Crippen molar-refractivity contribution in [1.82, 2.24) is 0 Å². The zero-order valence-corrected chi connectivity index (χ0v) is 26.1. The number of sulfone groups is 1. The van der Waals surface area contributed by atoms with Crippen LogP contribution in [-0.2, 0) is 9.84 Å². The summed E-state index contributed by atoms with van der Waals surface area (Å²) >= 11 is 0. The number of benzene rings is 4. The minimum atomic E-state index is -3.60. The van der Waals surface area contributed by atoms with Gasteiger partial charge in [0.25, 0.3) is 0 Å². The first-order valence-corrected chi connectivity index (χ1v) is 15.3. The van der Waals surface area contributed by atoms with Gasteiger partial charge in [-0.15, -0.1) is 0 Å². The summed E-state index contributed by atoms with van der Waals surface area (Å²) in [6.07, 6.45) is 0. The smallest absolute Gasteiger partial charge is 0.206 e. The second-order valence-electron chi connectivity index (χ2n) is 7.14. The highest BCUT2D eigenvalue weighted by molar-refractivity contribution is 7.91. The van der Waals surface area contributed by atoms with Gasteiger partial charge in [0, 0.05) is 0 Å². The van der Waals surface area contributed by atoms with Gasteiger partial charge in [0.05, 0.1) is 16.9 Å². The molecule has 0 amide bonds. The number of rotatable bonds is 6. The highest BCUT2D eigenvalue weighted by Crippen LogP contribution is 2.28. The number of methoxy groups -OCH3 is 1. The Morgan fingerprint density at radius 3 is 1.13 bits per heavy atom. The van der Waals surface area contributed by atoms with Crippen LogP contribution in [0, 0.1) is 6.92 Å². The van der Waals surface area contributed by atoms with Crippen molar-refractivity contribution >= 4 is 9.84 Å². The summed E-state index contributed by atoms with van der Waals surface area (Å²) in [6, 6.07) is 28.9. The van der Waals surface area contributed by atoms with E-state index in [1.807, 2.05) is 79.7 Å². The van der Waals surface area contributed by atoms with Crippen LogP contribution in [0.1, 0.15) is 61.0 Å². The van der Waals surface area contributed by atoms with Gasteiger partial charge in [0.15, 0.2) is 0 Å². The Labute approximate surface area is 237 Å². The lowest BCUT2D eigenvalue weighted by Crippen LogP contribution is -2.01. The largest absolute Gasteiger partial charge is 0.497 e. The second kappa shape index (κ2) is 19.5. The van der Waals surface area contributed by atoms with Crippen molar-refractivity contribution in [3.63, 3.8) is 0 Å². The third kappa shape index (κ3) is 10.6. The lowest BCUT2D eigenvalue weighted by molar-refractivity contribution is 0.414. The zero-order valence-electron chi connectivity index (χ0n) is 25.3. The molecule has 4 nitrogen and oxygen atoms in total. The molecule has 4 aromatic carbocycles. The van der Waals surface area contributed by atoms with Crippen LogP contribution in [0.2, 0.25) is 0 Å². The Morgan fingerprint density at radius 1 is 0.462 bits per heavy atom. The molecule has 0 N–H and O–H groups in total. The van der Waals surface area contributed by atoms with Crippen LogP contribution >= 0.6 is 0 Å². The summed E-state index contributed by atoms with van der Waals surface area (Å²) in [5.41, 5.74) is 3.47. The van der Waals surface area contributed by atoms with Gasteiger partial charge in [0.2, 0.25) is 9.84 Å². The summed E-state index contributed by atoms with van der Waals surface area (Å²) in [5.74, 6) is 1.86. The summed E-state index contributed by atoms with van der Waals surface area (Å²) in [6.45, 7) is 18.1. The zero-order chi connectivity index (χ0) is 29.8. The molecule has 0 saturated heterocycles. The fraction of sp³-hybridized carbons (Fsp3) is 0.294. The lowest BCUT2D eigenvalue weighted by atomic mass is 10.0. The maximum Gasteiger partial charge on any atom is 0.206 e. The molecule has 4 aromatic rings. The van der Waals surface area contributed by atoms with E-state index in [0.717, 1.165) is 11.1 Å². The molecule has 0 aliphatic heterocycles. The molecule has 0 aromatic heterocycles. The minimum absolute atomic E-state index is 0.208. The average Bonchev–Trinajstić information content (AvgIpc) is 3.02. The maximum absolute atomic E-state index is 12.8. The van der Waals surface area contributed by atoms with E-state index in [2.05, 4.69) is 31.2 Å². The van der Waals surface area contributed by atoms with Gasteiger partial charge in [-0.2, -0.15) is 0 Å². The molecule has 0 aliphatic carbocycles. The van der Waals surface area contributed by atoms with E-state index in [1.54, 1.807) is 36.4 Å². The SMILES string of the molecule is CC.CC.CC.CC.COc1ccc(S(=O)(=O)c2ccc(Oc3ccc(-c4ccc(C)cc4)cc3)cc2)cc1. The summed E-state index contributed by atoms with van der Waals surface area (Å²) < 4.78 is 36.6. The van der Waals surface area contributed by atoms with Gasteiger partial charge in [-0.1, -0.05) is 97.4 Å². The van der Waals surface area contributed by atoms with Crippen LogP contribution in [0.3, 0.4) is 0 Å². The van der Waals surface area contributed by atoms with E-state index >= 15 is 0 Å².